The van der Waals surface area contributed by atoms with Crippen LogP contribution in [0.2, 0.25) is 0 Å². The monoisotopic (exact) mass is 288 g/mol. The summed E-state index contributed by atoms with van der Waals surface area (Å²) in [4.78, 5) is 15.3. The van der Waals surface area contributed by atoms with Crippen LogP contribution in [0.5, 0.6) is 0 Å². The molecule has 0 unspecified atom stereocenters. The zero-order valence-corrected chi connectivity index (χ0v) is 11.4. The summed E-state index contributed by atoms with van der Waals surface area (Å²) in [5.74, 6) is -0.550. The van der Waals surface area contributed by atoms with Crippen molar-refractivity contribution in [1.82, 2.24) is 4.98 Å². The van der Waals surface area contributed by atoms with E-state index in [1.165, 1.54) is 12.1 Å². The van der Waals surface area contributed by atoms with Gasteiger partial charge < -0.3 is 15.2 Å². The molecule has 0 radical (unpaired) electrons. The smallest absolute Gasteiger partial charge is 0.335 e. The van der Waals surface area contributed by atoms with Crippen LogP contribution in [0.1, 0.15) is 35.8 Å². The van der Waals surface area contributed by atoms with Gasteiger partial charge >= 0.3 is 5.97 Å². The zero-order valence-electron chi connectivity index (χ0n) is 11.4. The first-order valence-electron chi connectivity index (χ1n) is 6.25. The number of nitrogens with zero attached hydrogens (tertiary/aromatic N) is 1. The van der Waals surface area contributed by atoms with Crippen LogP contribution in [0.4, 0.5) is 14.6 Å². The number of rotatable bonds is 8. The standard InChI is InChI=1S/C13H18F2N2O3/c1-8(2)10-5-9(13(18)19)6-12(17-10)16-3-4-20-7-11(14)15/h5-6,8,11H,3-4,7H2,1-2H3,(H,16,17)(H,18,19). The summed E-state index contributed by atoms with van der Waals surface area (Å²) in [7, 11) is 0. The number of nitrogens with one attached hydrogen (secondary N) is 1. The summed E-state index contributed by atoms with van der Waals surface area (Å²) in [6.45, 7) is 3.58. The quantitative estimate of drug-likeness (QED) is 0.719. The van der Waals surface area contributed by atoms with Gasteiger partial charge in [-0.15, -0.1) is 0 Å². The van der Waals surface area contributed by atoms with Crippen LogP contribution >= 0.6 is 0 Å². The molecule has 0 aromatic carbocycles. The van der Waals surface area contributed by atoms with Gasteiger partial charge in [-0.1, -0.05) is 13.8 Å². The van der Waals surface area contributed by atoms with Crippen LogP contribution in [0.25, 0.3) is 0 Å². The van der Waals surface area contributed by atoms with Gasteiger partial charge in [0.15, 0.2) is 0 Å². The van der Waals surface area contributed by atoms with Crippen molar-refractivity contribution < 1.29 is 23.4 Å². The highest BCUT2D eigenvalue weighted by atomic mass is 19.3. The maximum atomic E-state index is 11.8. The summed E-state index contributed by atoms with van der Waals surface area (Å²) in [6.07, 6.45) is -2.49. The summed E-state index contributed by atoms with van der Waals surface area (Å²) in [5.41, 5.74) is 0.792. The molecule has 1 rings (SSSR count). The largest absolute Gasteiger partial charge is 0.478 e. The van der Waals surface area contributed by atoms with Crippen molar-refractivity contribution in [3.8, 4) is 0 Å². The molecule has 0 saturated heterocycles. The number of aromatic carboxylic acids is 1. The Labute approximate surface area is 116 Å². The molecule has 0 bridgehead atoms. The van der Waals surface area contributed by atoms with Gasteiger partial charge in [-0.05, 0) is 18.1 Å². The molecule has 112 valence electrons. The van der Waals surface area contributed by atoms with Gasteiger partial charge in [0.1, 0.15) is 12.4 Å². The van der Waals surface area contributed by atoms with Gasteiger partial charge in [0.25, 0.3) is 6.43 Å². The van der Waals surface area contributed by atoms with Crippen molar-refractivity contribution in [2.45, 2.75) is 26.2 Å². The highest BCUT2D eigenvalue weighted by Crippen LogP contribution is 2.17. The second-order valence-corrected chi connectivity index (χ2v) is 4.52. The average molecular weight is 288 g/mol. The summed E-state index contributed by atoms with van der Waals surface area (Å²) in [6, 6.07) is 2.92. The molecule has 20 heavy (non-hydrogen) atoms. The second-order valence-electron chi connectivity index (χ2n) is 4.52. The third-order valence-electron chi connectivity index (χ3n) is 2.48. The first-order valence-corrected chi connectivity index (χ1v) is 6.25. The van der Waals surface area contributed by atoms with Gasteiger partial charge in [0.2, 0.25) is 0 Å². The number of hydrogen-bond acceptors (Lipinski definition) is 4. The van der Waals surface area contributed by atoms with Crippen molar-refractivity contribution in [3.63, 3.8) is 0 Å². The highest BCUT2D eigenvalue weighted by molar-refractivity contribution is 5.88. The third-order valence-corrected chi connectivity index (χ3v) is 2.48. The van der Waals surface area contributed by atoms with Crippen LogP contribution in [0.15, 0.2) is 12.1 Å². The van der Waals surface area contributed by atoms with E-state index in [4.69, 9.17) is 9.84 Å². The molecule has 0 atom stereocenters. The van der Waals surface area contributed by atoms with Crippen LogP contribution in [-0.2, 0) is 4.74 Å². The van der Waals surface area contributed by atoms with Crippen molar-refractivity contribution in [2.24, 2.45) is 0 Å². The molecule has 0 fully saturated rings. The molecule has 2 N–H and O–H groups in total. The number of aromatic nitrogens is 1. The van der Waals surface area contributed by atoms with Crippen molar-refractivity contribution >= 4 is 11.8 Å². The summed E-state index contributed by atoms with van der Waals surface area (Å²) >= 11 is 0. The first kappa shape index (κ1) is 16.3. The molecule has 0 aliphatic carbocycles. The minimum atomic E-state index is -2.49. The molecular weight excluding hydrogens is 270 g/mol. The van der Waals surface area contributed by atoms with Crippen LogP contribution in [0.3, 0.4) is 0 Å². The predicted octanol–water partition coefficient (Wildman–Crippen LogP) is 2.60. The molecule has 5 nitrogen and oxygen atoms in total. The minimum Gasteiger partial charge on any atom is -0.478 e. The van der Waals surface area contributed by atoms with E-state index in [0.29, 0.717) is 11.5 Å². The number of carboxylic acid groups (broad SMARTS) is 1. The molecule has 0 aliphatic heterocycles. The maximum Gasteiger partial charge on any atom is 0.335 e. The Kier molecular flexibility index (Phi) is 6.30. The van der Waals surface area contributed by atoms with Crippen molar-refractivity contribution in [1.29, 1.82) is 0 Å². The fourth-order valence-electron chi connectivity index (χ4n) is 1.49. The number of carbonyl (C=O) groups is 1. The highest BCUT2D eigenvalue weighted by Gasteiger charge is 2.10. The zero-order chi connectivity index (χ0) is 15.1. The van der Waals surface area contributed by atoms with Gasteiger partial charge in [-0.2, -0.15) is 0 Å². The number of pyridine rings is 1. The molecule has 0 saturated carbocycles. The SMILES string of the molecule is CC(C)c1cc(C(=O)O)cc(NCCOCC(F)F)n1. The summed E-state index contributed by atoms with van der Waals surface area (Å²) in [5, 5.41) is 11.9. The Morgan fingerprint density at radius 2 is 2.15 bits per heavy atom. The molecule has 1 aromatic rings. The van der Waals surface area contributed by atoms with Gasteiger partial charge in [-0.3, -0.25) is 0 Å². The third kappa shape index (κ3) is 5.48. The topological polar surface area (TPSA) is 71.5 Å². The fourth-order valence-corrected chi connectivity index (χ4v) is 1.49. The van der Waals surface area contributed by atoms with Gasteiger partial charge in [0, 0.05) is 12.2 Å². The first-order chi connectivity index (χ1) is 9.40. The normalized spacial score (nSPS) is 11.1. The lowest BCUT2D eigenvalue weighted by atomic mass is 10.1. The molecule has 0 amide bonds. The molecule has 0 aliphatic rings. The predicted molar refractivity (Wildman–Crippen MR) is 70.6 cm³/mol. The van der Waals surface area contributed by atoms with E-state index in [9.17, 15) is 13.6 Å². The van der Waals surface area contributed by atoms with E-state index in [1.807, 2.05) is 13.8 Å². The maximum absolute atomic E-state index is 11.8. The Morgan fingerprint density at radius 1 is 1.45 bits per heavy atom. The lowest BCUT2D eigenvalue weighted by Crippen LogP contribution is -2.14. The Balaban J connectivity index is 2.62. The average Bonchev–Trinajstić information content (AvgIpc) is 2.37. The Hall–Kier alpha value is -1.76. The van der Waals surface area contributed by atoms with E-state index in [2.05, 4.69) is 10.3 Å². The Morgan fingerprint density at radius 3 is 2.70 bits per heavy atom. The molecule has 1 heterocycles. The summed E-state index contributed by atoms with van der Waals surface area (Å²) < 4.78 is 28.4. The van der Waals surface area contributed by atoms with Gasteiger partial charge in [0.05, 0.1) is 12.2 Å². The lowest BCUT2D eigenvalue weighted by Gasteiger charge is -2.11. The van der Waals surface area contributed by atoms with Crippen molar-refractivity contribution in [3.05, 3.63) is 23.4 Å². The minimum absolute atomic E-state index is 0.0879. The number of halogens is 2. The number of carboxylic acids is 1. The van der Waals surface area contributed by atoms with E-state index >= 15 is 0 Å². The second kappa shape index (κ2) is 7.74. The molecule has 7 heteroatoms. The number of ether oxygens (including phenoxy) is 1. The van der Waals surface area contributed by atoms with Crippen LogP contribution in [0, 0.1) is 0 Å². The fraction of sp³-hybridized carbons (Fsp3) is 0.538. The van der Waals surface area contributed by atoms with Crippen LogP contribution < -0.4 is 5.32 Å². The molecule has 0 spiro atoms. The molecular formula is C13H18F2N2O3. The number of anilines is 1. The van der Waals surface area contributed by atoms with E-state index in [0.717, 1.165) is 0 Å². The van der Waals surface area contributed by atoms with Crippen molar-refractivity contribution in [2.75, 3.05) is 25.1 Å². The lowest BCUT2D eigenvalue weighted by molar-refractivity contribution is 0.0214. The Bertz CT molecular complexity index is 453. The number of alkyl halides is 2. The molecule has 1 aromatic heterocycles. The number of hydrogen-bond donors (Lipinski definition) is 2. The van der Waals surface area contributed by atoms with E-state index < -0.39 is 19.0 Å². The van der Waals surface area contributed by atoms with E-state index in [-0.39, 0.29) is 24.6 Å². The van der Waals surface area contributed by atoms with Gasteiger partial charge in [-0.25, -0.2) is 18.6 Å². The van der Waals surface area contributed by atoms with E-state index in [1.54, 1.807) is 0 Å². The van der Waals surface area contributed by atoms with Crippen LogP contribution in [-0.4, -0.2) is 42.2 Å².